The molecule has 3 N–H and O–H groups in total. The van der Waals surface area contributed by atoms with Gasteiger partial charge in [-0.2, -0.15) is 0 Å². The van der Waals surface area contributed by atoms with Crippen molar-refractivity contribution in [3.8, 4) is 10.4 Å². The Morgan fingerprint density at radius 3 is 2.66 bits per heavy atom. The number of carboxylic acids is 1. The Bertz CT molecular complexity index is 1150. The number of aliphatic hydroxyl groups is 1. The molecule has 0 radical (unpaired) electrons. The molecule has 0 unspecified atom stereocenters. The number of carbonyl (C=O) groups is 1. The molecule has 2 heterocycles. The fraction of sp³-hybridized carbons (Fsp3) is 0.417. The van der Waals surface area contributed by atoms with Crippen LogP contribution in [-0.4, -0.2) is 31.1 Å². The number of thiazole rings is 1. The molecule has 32 heavy (non-hydrogen) atoms. The van der Waals surface area contributed by atoms with Crippen molar-refractivity contribution in [2.75, 3.05) is 5.32 Å². The van der Waals surface area contributed by atoms with Gasteiger partial charge in [-0.3, -0.25) is 4.79 Å². The minimum absolute atomic E-state index is 0.374. The van der Waals surface area contributed by atoms with Crippen LogP contribution in [-0.2, 0) is 10.4 Å². The molecule has 2 aromatic heterocycles. The van der Waals surface area contributed by atoms with Crippen LogP contribution < -0.4 is 5.32 Å². The zero-order chi connectivity index (χ0) is 22.3. The summed E-state index contributed by atoms with van der Waals surface area (Å²) < 4.78 is 0. The molecule has 8 heteroatoms. The zero-order valence-corrected chi connectivity index (χ0v) is 18.7. The van der Waals surface area contributed by atoms with Gasteiger partial charge in [0.1, 0.15) is 10.6 Å². The Labute approximate surface area is 190 Å². The molecule has 0 bridgehead atoms. The number of aromatic nitrogens is 3. The first-order valence-corrected chi connectivity index (χ1v) is 11.8. The van der Waals surface area contributed by atoms with Crippen LogP contribution in [0.5, 0.6) is 0 Å². The molecule has 2 aliphatic carbocycles. The quantitative estimate of drug-likeness (QED) is 0.485. The smallest absolute Gasteiger partial charge is 0.306 e. The normalized spacial score (nSPS) is 23.1. The van der Waals surface area contributed by atoms with Gasteiger partial charge in [0, 0.05) is 29.7 Å². The van der Waals surface area contributed by atoms with Crippen molar-refractivity contribution in [3.05, 3.63) is 52.9 Å². The SMILES string of the molecule is Cc1cc(Nc2nccc(C3CC3)n2)cc(-c2cnc([C@]3(O)CC[C@H](C(=O)O)CC3)s2)c1. The van der Waals surface area contributed by atoms with Gasteiger partial charge >= 0.3 is 5.97 Å². The third-order valence-electron chi connectivity index (χ3n) is 6.36. The summed E-state index contributed by atoms with van der Waals surface area (Å²) in [5.41, 5.74) is 3.06. The highest BCUT2D eigenvalue weighted by atomic mass is 32.1. The molecule has 3 aromatic rings. The van der Waals surface area contributed by atoms with Crippen molar-refractivity contribution in [2.45, 2.75) is 57.0 Å². The maximum atomic E-state index is 11.2. The molecule has 2 fully saturated rings. The molecule has 1 aromatic carbocycles. The second-order valence-corrected chi connectivity index (χ2v) is 10.00. The minimum atomic E-state index is -1.04. The van der Waals surface area contributed by atoms with Crippen molar-refractivity contribution < 1.29 is 15.0 Å². The predicted molar refractivity (Wildman–Crippen MR) is 123 cm³/mol. The molecular weight excluding hydrogens is 424 g/mol. The van der Waals surface area contributed by atoms with Crippen molar-refractivity contribution in [1.29, 1.82) is 0 Å². The van der Waals surface area contributed by atoms with Gasteiger partial charge in [0.15, 0.2) is 0 Å². The van der Waals surface area contributed by atoms with Crippen molar-refractivity contribution in [3.63, 3.8) is 0 Å². The Hall–Kier alpha value is -2.84. The molecule has 0 aliphatic heterocycles. The van der Waals surface area contributed by atoms with Crippen LogP contribution in [0.3, 0.4) is 0 Å². The summed E-state index contributed by atoms with van der Waals surface area (Å²) >= 11 is 1.47. The Morgan fingerprint density at radius 1 is 1.16 bits per heavy atom. The number of carboxylic acid groups (broad SMARTS) is 1. The summed E-state index contributed by atoms with van der Waals surface area (Å²) in [4.78, 5) is 25.7. The fourth-order valence-corrected chi connectivity index (χ4v) is 5.39. The number of rotatable bonds is 6. The topological polar surface area (TPSA) is 108 Å². The molecule has 5 rings (SSSR count). The van der Waals surface area contributed by atoms with E-state index in [1.165, 1.54) is 24.2 Å². The number of hydrogen-bond acceptors (Lipinski definition) is 7. The first-order chi connectivity index (χ1) is 15.4. The van der Waals surface area contributed by atoms with Gasteiger partial charge in [-0.25, -0.2) is 15.0 Å². The number of nitrogens with one attached hydrogen (secondary N) is 1. The average molecular weight is 451 g/mol. The third kappa shape index (κ3) is 4.38. The van der Waals surface area contributed by atoms with E-state index in [1.807, 2.05) is 19.1 Å². The maximum Gasteiger partial charge on any atom is 0.306 e. The lowest BCUT2D eigenvalue weighted by atomic mass is 9.79. The Kier molecular flexibility index (Phi) is 5.43. The standard InChI is InChI=1S/C24H26N4O3S/c1-14-10-17(12-18(11-14)27-23-25-9-6-19(28-23)15-2-3-15)20-13-26-22(32-20)24(31)7-4-16(5-8-24)21(29)30/h6,9-13,15-16,31H,2-5,7-8H2,1H3,(H,29,30)(H,25,27,28)/t16-,24-. The van der Waals surface area contributed by atoms with Crippen LogP contribution in [0.25, 0.3) is 10.4 Å². The largest absolute Gasteiger partial charge is 0.481 e. The van der Waals surface area contributed by atoms with E-state index in [1.54, 1.807) is 12.4 Å². The molecule has 0 atom stereocenters. The molecule has 166 valence electrons. The van der Waals surface area contributed by atoms with E-state index in [9.17, 15) is 15.0 Å². The molecule has 2 saturated carbocycles. The van der Waals surface area contributed by atoms with E-state index < -0.39 is 11.6 Å². The molecular formula is C24H26N4O3S. The van der Waals surface area contributed by atoms with E-state index in [4.69, 9.17) is 0 Å². The van der Waals surface area contributed by atoms with Gasteiger partial charge in [-0.1, -0.05) is 6.07 Å². The van der Waals surface area contributed by atoms with Gasteiger partial charge in [-0.05, 0) is 74.8 Å². The second kappa shape index (κ2) is 8.26. The number of nitrogens with zero attached hydrogens (tertiary/aromatic N) is 3. The van der Waals surface area contributed by atoms with E-state index >= 15 is 0 Å². The lowest BCUT2D eigenvalue weighted by Gasteiger charge is -2.32. The van der Waals surface area contributed by atoms with Crippen LogP contribution in [0, 0.1) is 12.8 Å². The number of hydrogen-bond donors (Lipinski definition) is 3. The molecule has 7 nitrogen and oxygen atoms in total. The van der Waals surface area contributed by atoms with Crippen LogP contribution >= 0.6 is 11.3 Å². The number of anilines is 2. The first kappa shape index (κ1) is 21.0. The molecule has 0 amide bonds. The maximum absolute atomic E-state index is 11.2. The average Bonchev–Trinajstić information content (AvgIpc) is 3.49. The summed E-state index contributed by atoms with van der Waals surface area (Å²) in [5, 5.41) is 24.3. The summed E-state index contributed by atoms with van der Waals surface area (Å²) in [6.45, 7) is 2.04. The lowest BCUT2D eigenvalue weighted by molar-refractivity contribution is -0.145. The van der Waals surface area contributed by atoms with E-state index in [2.05, 4.69) is 32.4 Å². The van der Waals surface area contributed by atoms with Gasteiger partial charge in [0.2, 0.25) is 5.95 Å². The second-order valence-electron chi connectivity index (χ2n) is 8.97. The van der Waals surface area contributed by atoms with Crippen LogP contribution in [0.15, 0.2) is 36.7 Å². The van der Waals surface area contributed by atoms with Gasteiger partial charge in [-0.15, -0.1) is 11.3 Å². The Morgan fingerprint density at radius 2 is 1.94 bits per heavy atom. The van der Waals surface area contributed by atoms with Crippen molar-refractivity contribution in [1.82, 2.24) is 15.0 Å². The van der Waals surface area contributed by atoms with E-state index in [0.717, 1.165) is 27.4 Å². The highest BCUT2D eigenvalue weighted by Gasteiger charge is 2.39. The zero-order valence-electron chi connectivity index (χ0n) is 17.9. The van der Waals surface area contributed by atoms with E-state index in [0.29, 0.717) is 42.6 Å². The van der Waals surface area contributed by atoms with E-state index in [-0.39, 0.29) is 5.92 Å². The number of aryl methyl sites for hydroxylation is 1. The minimum Gasteiger partial charge on any atom is -0.481 e. The molecule has 0 spiro atoms. The number of aliphatic carboxylic acids is 1. The molecule has 0 saturated heterocycles. The van der Waals surface area contributed by atoms with Gasteiger partial charge in [0.05, 0.1) is 10.8 Å². The van der Waals surface area contributed by atoms with Crippen molar-refractivity contribution in [2.24, 2.45) is 5.92 Å². The first-order valence-electron chi connectivity index (χ1n) is 11.0. The summed E-state index contributed by atoms with van der Waals surface area (Å²) in [6, 6.07) is 8.18. The summed E-state index contributed by atoms with van der Waals surface area (Å²) in [5.74, 6) is 0.0121. The lowest BCUT2D eigenvalue weighted by Crippen LogP contribution is -2.33. The summed E-state index contributed by atoms with van der Waals surface area (Å²) in [6.07, 6.45) is 7.78. The van der Waals surface area contributed by atoms with Crippen LogP contribution in [0.2, 0.25) is 0 Å². The van der Waals surface area contributed by atoms with Crippen LogP contribution in [0.4, 0.5) is 11.6 Å². The highest BCUT2D eigenvalue weighted by molar-refractivity contribution is 7.15. The van der Waals surface area contributed by atoms with Gasteiger partial charge in [0.25, 0.3) is 0 Å². The monoisotopic (exact) mass is 450 g/mol. The third-order valence-corrected chi connectivity index (χ3v) is 7.60. The summed E-state index contributed by atoms with van der Waals surface area (Å²) in [7, 11) is 0. The Balaban J connectivity index is 1.36. The fourth-order valence-electron chi connectivity index (χ4n) is 4.34. The van der Waals surface area contributed by atoms with Crippen LogP contribution in [0.1, 0.15) is 60.7 Å². The predicted octanol–water partition coefficient (Wildman–Crippen LogP) is 4.99. The molecule has 2 aliphatic rings. The van der Waals surface area contributed by atoms with Gasteiger partial charge < -0.3 is 15.5 Å². The number of benzene rings is 1. The van der Waals surface area contributed by atoms with Crippen molar-refractivity contribution >= 4 is 28.9 Å². The highest BCUT2D eigenvalue weighted by Crippen LogP contribution is 2.43.